The number of nitrogens with zero attached hydrogens (tertiary/aromatic N) is 1. The van der Waals surface area contributed by atoms with Crippen LogP contribution >= 0.6 is 11.8 Å². The largest absolute Gasteiger partial charge is 0.480 e. The Labute approximate surface area is 267 Å². The Kier molecular flexibility index (Phi) is 25.0. The van der Waals surface area contributed by atoms with Crippen molar-refractivity contribution in [2.24, 2.45) is 45.1 Å². The summed E-state index contributed by atoms with van der Waals surface area (Å²) in [7, 11) is 0. The molecule has 1 amide bonds. The lowest BCUT2D eigenvalue weighted by Crippen LogP contribution is -2.38. The van der Waals surface area contributed by atoms with Crippen molar-refractivity contribution in [1.82, 2.24) is 0 Å². The highest BCUT2D eigenvalue weighted by Crippen LogP contribution is 2.02. The number of carboxylic acids is 3. The molecule has 0 spiro atoms. The van der Waals surface area contributed by atoms with Crippen molar-refractivity contribution in [3.05, 3.63) is 71.8 Å². The van der Waals surface area contributed by atoms with E-state index >= 15 is 0 Å². The van der Waals surface area contributed by atoms with Gasteiger partial charge in [0, 0.05) is 6.54 Å². The van der Waals surface area contributed by atoms with Crippen LogP contribution in [-0.2, 0) is 32.0 Å². The molecule has 0 fully saturated rings. The van der Waals surface area contributed by atoms with E-state index in [4.69, 9.17) is 55.5 Å². The van der Waals surface area contributed by atoms with E-state index in [-0.39, 0.29) is 5.96 Å². The van der Waals surface area contributed by atoms with E-state index in [0.717, 1.165) is 16.9 Å². The normalized spacial score (nSPS) is 12.5. The number of aliphatic carboxylic acids is 3. The number of rotatable bonds is 15. The van der Waals surface area contributed by atoms with Gasteiger partial charge in [-0.1, -0.05) is 60.7 Å². The van der Waals surface area contributed by atoms with Crippen LogP contribution < -0.4 is 40.1 Å². The third kappa shape index (κ3) is 25.9. The van der Waals surface area contributed by atoms with Crippen molar-refractivity contribution in [3.63, 3.8) is 0 Å². The first-order valence-corrected chi connectivity index (χ1v) is 15.1. The summed E-state index contributed by atoms with van der Waals surface area (Å²) >= 11 is 1.60. The van der Waals surface area contributed by atoms with Gasteiger partial charge in [-0.15, -0.1) is 0 Å². The average molecular weight is 653 g/mol. The lowest BCUT2D eigenvalue weighted by atomic mass is 10.1. The van der Waals surface area contributed by atoms with E-state index in [9.17, 15) is 19.2 Å². The number of primary amides is 1. The number of carbonyl (C=O) groups excluding carboxylic acids is 1. The molecule has 0 aliphatic rings. The fourth-order valence-electron chi connectivity index (χ4n) is 2.94. The summed E-state index contributed by atoms with van der Waals surface area (Å²) < 4.78 is 0. The highest BCUT2D eigenvalue weighted by molar-refractivity contribution is 7.98. The highest BCUT2D eigenvalue weighted by Gasteiger charge is 2.12. The van der Waals surface area contributed by atoms with Crippen molar-refractivity contribution in [3.8, 4) is 0 Å². The van der Waals surface area contributed by atoms with Gasteiger partial charge in [-0.2, -0.15) is 11.8 Å². The molecule has 0 aliphatic carbocycles. The molecule has 252 valence electrons. The molecule has 0 bridgehead atoms. The summed E-state index contributed by atoms with van der Waals surface area (Å²) in [6.07, 6.45) is 4.33. The predicted molar refractivity (Wildman–Crippen MR) is 177 cm³/mol. The molecule has 0 unspecified atom stereocenters. The number of carboxylic acid groups (broad SMARTS) is 3. The van der Waals surface area contributed by atoms with Crippen LogP contribution in [-0.4, -0.2) is 87.8 Å². The van der Waals surface area contributed by atoms with Crippen molar-refractivity contribution in [2.45, 2.75) is 56.3 Å². The Balaban J connectivity index is 0. The van der Waals surface area contributed by atoms with Gasteiger partial charge < -0.3 is 55.5 Å². The van der Waals surface area contributed by atoms with Gasteiger partial charge in [0.25, 0.3) is 0 Å². The molecule has 2 aromatic carbocycles. The highest BCUT2D eigenvalue weighted by atomic mass is 32.2. The van der Waals surface area contributed by atoms with Crippen LogP contribution in [0.15, 0.2) is 65.7 Å². The third-order valence-corrected chi connectivity index (χ3v) is 6.16. The summed E-state index contributed by atoms with van der Waals surface area (Å²) in [6, 6.07) is 16.0. The van der Waals surface area contributed by atoms with Gasteiger partial charge in [0.15, 0.2) is 5.96 Å². The lowest BCUT2D eigenvalue weighted by Gasteiger charge is -2.06. The van der Waals surface area contributed by atoms with E-state index < -0.39 is 48.0 Å². The number of carbonyl (C=O) groups is 4. The van der Waals surface area contributed by atoms with Crippen LogP contribution in [0.25, 0.3) is 0 Å². The van der Waals surface area contributed by atoms with E-state index in [1.54, 1.807) is 11.8 Å². The van der Waals surface area contributed by atoms with Gasteiger partial charge in [-0.25, -0.2) is 0 Å². The number of nitrogens with two attached hydrogens (primary N) is 7. The molecule has 0 radical (unpaired) electrons. The molecule has 0 aromatic heterocycles. The Morgan fingerprint density at radius 2 is 1.07 bits per heavy atom. The molecule has 4 atom stereocenters. The van der Waals surface area contributed by atoms with Gasteiger partial charge in [0.2, 0.25) is 5.91 Å². The zero-order chi connectivity index (χ0) is 34.8. The molecule has 0 heterocycles. The first-order valence-electron chi connectivity index (χ1n) is 13.7. The van der Waals surface area contributed by atoms with Crippen molar-refractivity contribution in [2.75, 3.05) is 18.6 Å². The third-order valence-electron chi connectivity index (χ3n) is 5.51. The van der Waals surface area contributed by atoms with Gasteiger partial charge in [0.1, 0.15) is 18.1 Å². The minimum absolute atomic E-state index is 0.0129. The Morgan fingerprint density at radius 1 is 0.667 bits per heavy atom. The summed E-state index contributed by atoms with van der Waals surface area (Å²) in [5, 5.41) is 25.2. The van der Waals surface area contributed by atoms with E-state index in [1.807, 2.05) is 66.9 Å². The second kappa shape index (κ2) is 26.2. The van der Waals surface area contributed by atoms with E-state index in [0.29, 0.717) is 38.6 Å². The zero-order valence-electron chi connectivity index (χ0n) is 25.4. The minimum Gasteiger partial charge on any atom is -0.480 e. The van der Waals surface area contributed by atoms with Crippen LogP contribution in [0.1, 0.15) is 30.4 Å². The summed E-state index contributed by atoms with van der Waals surface area (Å²) in [5.41, 5.74) is 38.3. The molecule has 17 N–H and O–H groups in total. The lowest BCUT2D eigenvalue weighted by molar-refractivity contribution is -0.139. The number of hydrogen-bond donors (Lipinski definition) is 10. The van der Waals surface area contributed by atoms with Gasteiger partial charge >= 0.3 is 17.9 Å². The molecule has 2 aromatic rings. The first-order chi connectivity index (χ1) is 21.1. The van der Waals surface area contributed by atoms with Gasteiger partial charge in [0.05, 0.1) is 6.04 Å². The zero-order valence-corrected chi connectivity index (χ0v) is 26.2. The number of benzene rings is 2. The smallest absolute Gasteiger partial charge is 0.320 e. The second-order valence-electron chi connectivity index (χ2n) is 9.45. The maximum absolute atomic E-state index is 10.6. The van der Waals surface area contributed by atoms with Gasteiger partial charge in [-0.05, 0) is 55.2 Å². The van der Waals surface area contributed by atoms with Crippen LogP contribution in [0, 0.1) is 0 Å². The topological polar surface area (TPSA) is 323 Å². The molecule has 15 nitrogen and oxygen atoms in total. The maximum atomic E-state index is 10.6. The molecule has 0 saturated carbocycles. The second-order valence-corrected chi connectivity index (χ2v) is 10.4. The number of hydrogen-bond acceptors (Lipinski definition) is 10. The van der Waals surface area contributed by atoms with Crippen LogP contribution in [0.3, 0.4) is 0 Å². The Morgan fingerprint density at radius 3 is 1.42 bits per heavy atom. The fraction of sp³-hybridized carbons (Fsp3) is 0.414. The van der Waals surface area contributed by atoms with E-state index in [1.165, 1.54) is 0 Å². The summed E-state index contributed by atoms with van der Waals surface area (Å²) in [4.78, 5) is 44.9. The molecule has 16 heteroatoms. The standard InChI is InChI=1S/C9H12N2O.C9H11NO2.C6H14N4O2.C5H11NO2S/c2*10-8(9(11)12)6-7-4-2-1-3-5-7;7-4(5(11)12)2-1-3-10-6(8)9;1-9-3-2-4(6)5(7)8/h1-5,8H,6,10H2,(H2,11,12);1-5,8H,6,10H2,(H,11,12);4H,1-3,7H2,(H,11,12)(H4,8,9,10);4H,2-3,6H2,1H3,(H,7,8)/t2*8-;2*4-/m0000/s1. The summed E-state index contributed by atoms with van der Waals surface area (Å²) in [6.45, 7) is 0.420. The minimum atomic E-state index is -1.00. The molecular formula is C29H48N8O7S. The van der Waals surface area contributed by atoms with Crippen molar-refractivity contribution >= 4 is 41.5 Å². The molecule has 0 saturated heterocycles. The van der Waals surface area contributed by atoms with Crippen molar-refractivity contribution in [1.29, 1.82) is 0 Å². The monoisotopic (exact) mass is 652 g/mol. The molecular weight excluding hydrogens is 604 g/mol. The van der Waals surface area contributed by atoms with Crippen LogP contribution in [0.5, 0.6) is 0 Å². The molecule has 45 heavy (non-hydrogen) atoms. The first kappa shape index (κ1) is 42.9. The van der Waals surface area contributed by atoms with Crippen LogP contribution in [0.4, 0.5) is 0 Å². The molecule has 2 rings (SSSR count). The van der Waals surface area contributed by atoms with E-state index in [2.05, 4.69) is 4.99 Å². The van der Waals surface area contributed by atoms with Crippen molar-refractivity contribution < 1.29 is 34.5 Å². The Bertz CT molecular complexity index is 1080. The average Bonchev–Trinajstić information content (AvgIpc) is 2.99. The SMILES string of the molecule is CSCC[C@H](N)C(=O)O.NC(=O)[C@@H](N)Cc1ccccc1.NC(N)=NCCC[C@H](N)C(=O)O.N[C@@H](Cc1ccccc1)C(=O)O. The number of guanidine groups is 1. The quantitative estimate of drug-likeness (QED) is 0.0645. The van der Waals surface area contributed by atoms with Crippen LogP contribution in [0.2, 0.25) is 0 Å². The Hall–Kier alpha value is -4.22. The number of aliphatic imine (C=N–C) groups is 1. The maximum Gasteiger partial charge on any atom is 0.320 e. The fourth-order valence-corrected chi connectivity index (χ4v) is 3.42. The van der Waals surface area contributed by atoms with Gasteiger partial charge in [-0.3, -0.25) is 24.2 Å². The molecule has 0 aliphatic heterocycles. The number of amides is 1. The number of thioether (sulfide) groups is 1. The summed E-state index contributed by atoms with van der Waals surface area (Å²) in [5.74, 6) is -2.51. The predicted octanol–water partition coefficient (Wildman–Crippen LogP) is -0.714.